The first-order chi connectivity index (χ1) is 15.5. The SMILES string of the molecule is COc1ccc(OC)c(Sc2nc3c(N)ncn(CCc4ccc(C(C)=O)cc4)c-3n2)c1. The third-order valence-electron chi connectivity index (χ3n) is 5.05. The monoisotopic (exact) mass is 449 g/mol. The van der Waals surface area contributed by atoms with E-state index in [2.05, 4.69) is 9.97 Å². The molecule has 0 amide bonds. The number of methoxy groups -OCH3 is 2. The number of Topliss-reactive ketones (excluding diaryl/α,β-unsaturated/α-hetero) is 1. The molecule has 0 bridgehead atoms. The lowest BCUT2D eigenvalue weighted by Gasteiger charge is -2.11. The van der Waals surface area contributed by atoms with Crippen molar-refractivity contribution in [2.24, 2.45) is 0 Å². The van der Waals surface area contributed by atoms with Crippen LogP contribution in [0.4, 0.5) is 5.82 Å². The van der Waals surface area contributed by atoms with E-state index in [0.717, 1.165) is 22.6 Å². The van der Waals surface area contributed by atoms with Gasteiger partial charge in [0.15, 0.2) is 28.3 Å². The van der Waals surface area contributed by atoms with Gasteiger partial charge in [0.25, 0.3) is 0 Å². The van der Waals surface area contributed by atoms with Crippen molar-refractivity contribution in [3.8, 4) is 23.0 Å². The van der Waals surface area contributed by atoms with Gasteiger partial charge in [-0.2, -0.15) is 0 Å². The maximum absolute atomic E-state index is 11.5. The third kappa shape index (κ3) is 4.52. The number of aromatic nitrogens is 4. The van der Waals surface area contributed by atoms with Crippen LogP contribution in [-0.2, 0) is 13.0 Å². The zero-order chi connectivity index (χ0) is 22.7. The number of fused-ring (bicyclic) bond motifs is 1. The fourth-order valence-corrected chi connectivity index (χ4v) is 4.15. The number of aryl methyl sites for hydroxylation is 2. The van der Waals surface area contributed by atoms with Gasteiger partial charge in [0, 0.05) is 12.1 Å². The largest absolute Gasteiger partial charge is 0.497 e. The molecule has 0 radical (unpaired) electrons. The van der Waals surface area contributed by atoms with Gasteiger partial charge in [-0.05, 0) is 48.9 Å². The Morgan fingerprint density at radius 1 is 1.09 bits per heavy atom. The summed E-state index contributed by atoms with van der Waals surface area (Å²) in [5.41, 5.74) is 8.45. The zero-order valence-electron chi connectivity index (χ0n) is 18.0. The van der Waals surface area contributed by atoms with Crippen molar-refractivity contribution in [3.63, 3.8) is 0 Å². The summed E-state index contributed by atoms with van der Waals surface area (Å²) in [5, 5.41) is 0.547. The Balaban J connectivity index is 1.59. The molecule has 0 saturated carbocycles. The number of rotatable bonds is 8. The first-order valence-corrected chi connectivity index (χ1v) is 10.8. The number of anilines is 1. The minimum atomic E-state index is 0.0557. The smallest absolute Gasteiger partial charge is 0.195 e. The molecule has 0 unspecified atom stereocenters. The zero-order valence-corrected chi connectivity index (χ0v) is 18.8. The van der Waals surface area contributed by atoms with Gasteiger partial charge in [-0.15, -0.1) is 0 Å². The second kappa shape index (κ2) is 9.27. The van der Waals surface area contributed by atoms with Crippen molar-refractivity contribution in [1.82, 2.24) is 19.5 Å². The molecule has 4 rings (SSSR count). The summed E-state index contributed by atoms with van der Waals surface area (Å²) in [6.07, 6.45) is 2.43. The van der Waals surface area contributed by atoms with Gasteiger partial charge in [-0.1, -0.05) is 24.3 Å². The average Bonchev–Trinajstić information content (AvgIpc) is 3.23. The number of nitrogen functional groups attached to an aromatic ring is 1. The number of hydrogen-bond donors (Lipinski definition) is 1. The number of nitrogens with zero attached hydrogens (tertiary/aromatic N) is 4. The molecule has 0 aromatic heterocycles. The number of benzene rings is 2. The summed E-state index contributed by atoms with van der Waals surface area (Å²) < 4.78 is 12.7. The maximum Gasteiger partial charge on any atom is 0.195 e. The molecule has 9 heteroatoms. The van der Waals surface area contributed by atoms with Crippen LogP contribution in [0.15, 0.2) is 58.8 Å². The molecule has 0 spiro atoms. The van der Waals surface area contributed by atoms with E-state index in [0.29, 0.717) is 40.4 Å². The Hall–Kier alpha value is -3.59. The number of imidazole rings is 1. The van der Waals surface area contributed by atoms with Crippen molar-refractivity contribution < 1.29 is 14.3 Å². The van der Waals surface area contributed by atoms with E-state index < -0.39 is 0 Å². The van der Waals surface area contributed by atoms with Crippen molar-refractivity contribution >= 4 is 23.4 Å². The van der Waals surface area contributed by atoms with Crippen molar-refractivity contribution in [1.29, 1.82) is 0 Å². The first-order valence-electron chi connectivity index (χ1n) is 9.96. The summed E-state index contributed by atoms with van der Waals surface area (Å²) in [6.45, 7) is 2.21. The Bertz CT molecular complexity index is 1220. The molecule has 2 N–H and O–H groups in total. The van der Waals surface area contributed by atoms with Gasteiger partial charge >= 0.3 is 0 Å². The van der Waals surface area contributed by atoms with Gasteiger partial charge in [-0.3, -0.25) is 4.79 Å². The summed E-state index contributed by atoms with van der Waals surface area (Å²) in [4.78, 5) is 25.9. The van der Waals surface area contributed by atoms with Gasteiger partial charge in [0.2, 0.25) is 0 Å². The molecule has 32 heavy (non-hydrogen) atoms. The van der Waals surface area contributed by atoms with Crippen LogP contribution in [0, 0.1) is 0 Å². The summed E-state index contributed by atoms with van der Waals surface area (Å²) in [7, 11) is 3.24. The average molecular weight is 450 g/mol. The van der Waals surface area contributed by atoms with Crippen LogP contribution < -0.4 is 15.2 Å². The molecule has 0 saturated heterocycles. The van der Waals surface area contributed by atoms with E-state index in [1.807, 2.05) is 47.0 Å². The van der Waals surface area contributed by atoms with Crippen molar-refractivity contribution in [2.45, 2.75) is 29.9 Å². The van der Waals surface area contributed by atoms with Crippen LogP contribution in [0.2, 0.25) is 0 Å². The fourth-order valence-electron chi connectivity index (χ4n) is 3.26. The maximum atomic E-state index is 11.5. The quantitative estimate of drug-likeness (QED) is 0.403. The van der Waals surface area contributed by atoms with Crippen LogP contribution in [0.25, 0.3) is 11.5 Å². The summed E-state index contributed by atoms with van der Waals surface area (Å²) in [5.74, 6) is 2.48. The van der Waals surface area contributed by atoms with Crippen LogP contribution >= 0.6 is 11.8 Å². The second-order valence-electron chi connectivity index (χ2n) is 7.12. The summed E-state index contributed by atoms with van der Waals surface area (Å²) >= 11 is 1.37. The lowest BCUT2D eigenvalue weighted by atomic mass is 10.1. The normalized spacial score (nSPS) is 11.0. The standard InChI is InChI=1S/C23H23N5O3S/c1-14(29)16-6-4-15(5-7-16)10-11-28-13-25-21(24)20-22(28)27-23(26-20)32-19-12-17(30-2)8-9-18(19)31-3/h4-9,12-13H,10-11,24H2,1-3H3. The van der Waals surface area contributed by atoms with Gasteiger partial charge in [-0.25, -0.2) is 15.0 Å². The van der Waals surface area contributed by atoms with Crippen LogP contribution in [0.1, 0.15) is 22.8 Å². The predicted octanol–water partition coefficient (Wildman–Crippen LogP) is 3.97. The Labute approximate surface area is 190 Å². The highest BCUT2D eigenvalue weighted by Gasteiger charge is 2.20. The van der Waals surface area contributed by atoms with Crippen molar-refractivity contribution in [2.75, 3.05) is 20.0 Å². The number of carbonyl (C=O) groups excluding carboxylic acids is 1. The van der Waals surface area contributed by atoms with E-state index in [1.165, 1.54) is 11.8 Å². The minimum Gasteiger partial charge on any atom is -0.497 e. The lowest BCUT2D eigenvalue weighted by molar-refractivity contribution is 0.101. The topological polar surface area (TPSA) is 105 Å². The van der Waals surface area contributed by atoms with Crippen LogP contribution in [0.5, 0.6) is 11.5 Å². The lowest BCUT2D eigenvalue weighted by Crippen LogP contribution is -2.10. The first kappa shape index (κ1) is 21.6. The molecule has 8 nitrogen and oxygen atoms in total. The highest BCUT2D eigenvalue weighted by molar-refractivity contribution is 7.99. The fraction of sp³-hybridized carbons (Fsp3) is 0.217. The highest BCUT2D eigenvalue weighted by atomic mass is 32.2. The van der Waals surface area contributed by atoms with Crippen molar-refractivity contribution in [3.05, 3.63) is 59.9 Å². The number of ether oxygens (including phenoxy) is 2. The van der Waals surface area contributed by atoms with E-state index in [9.17, 15) is 4.79 Å². The molecule has 2 aliphatic rings. The Morgan fingerprint density at radius 3 is 2.56 bits per heavy atom. The molecule has 164 valence electrons. The van der Waals surface area contributed by atoms with Gasteiger partial charge in [0.05, 0.1) is 25.4 Å². The van der Waals surface area contributed by atoms with Crippen LogP contribution in [0.3, 0.4) is 0 Å². The number of nitrogens with two attached hydrogens (primary N) is 1. The summed E-state index contributed by atoms with van der Waals surface area (Å²) in [6, 6.07) is 13.2. The predicted molar refractivity (Wildman–Crippen MR) is 123 cm³/mol. The Kier molecular flexibility index (Phi) is 6.27. The minimum absolute atomic E-state index is 0.0557. The van der Waals surface area contributed by atoms with Gasteiger partial charge in [0.1, 0.15) is 11.5 Å². The molecule has 0 fully saturated rings. The van der Waals surface area contributed by atoms with Gasteiger partial charge < -0.3 is 19.8 Å². The van der Waals surface area contributed by atoms with E-state index in [4.69, 9.17) is 20.2 Å². The van der Waals surface area contributed by atoms with E-state index in [-0.39, 0.29) is 5.78 Å². The number of carbonyl (C=O) groups is 1. The molecular weight excluding hydrogens is 426 g/mol. The molecule has 2 heterocycles. The molecule has 0 atom stereocenters. The molecule has 2 aromatic rings. The Morgan fingerprint density at radius 2 is 1.88 bits per heavy atom. The number of hydrogen-bond acceptors (Lipinski definition) is 8. The van der Waals surface area contributed by atoms with Crippen LogP contribution in [-0.4, -0.2) is 39.5 Å². The van der Waals surface area contributed by atoms with E-state index >= 15 is 0 Å². The highest BCUT2D eigenvalue weighted by Crippen LogP contribution is 2.38. The molecular formula is C23H23N5O3S. The second-order valence-corrected chi connectivity index (χ2v) is 8.13. The molecule has 2 aliphatic heterocycles. The molecule has 0 aliphatic carbocycles. The third-order valence-corrected chi connectivity index (χ3v) is 5.95. The molecule has 2 aromatic carbocycles. The number of ketones is 1. The van der Waals surface area contributed by atoms with E-state index in [1.54, 1.807) is 27.5 Å².